The van der Waals surface area contributed by atoms with Crippen LogP contribution >= 0.6 is 0 Å². The van der Waals surface area contributed by atoms with Crippen LogP contribution in [0.4, 0.5) is 0 Å². The molecular weight excluding hydrogens is 238 g/mol. The average Bonchev–Trinajstić information content (AvgIpc) is 2.31. The third-order valence-corrected chi connectivity index (χ3v) is 2.57. The quantitative estimate of drug-likeness (QED) is 0.602. The van der Waals surface area contributed by atoms with Crippen molar-refractivity contribution in [3.63, 3.8) is 0 Å². The van der Waals surface area contributed by atoms with E-state index >= 15 is 0 Å². The van der Waals surface area contributed by atoms with Crippen LogP contribution in [0.1, 0.15) is 22.3 Å². The highest BCUT2D eigenvalue weighted by molar-refractivity contribution is 5.98. The van der Waals surface area contributed by atoms with Crippen molar-refractivity contribution < 1.29 is 24.9 Å². The van der Waals surface area contributed by atoms with Gasteiger partial charge in [0.2, 0.25) is 0 Å². The van der Waals surface area contributed by atoms with E-state index in [1.807, 2.05) is 0 Å². The topological polar surface area (TPSA) is 107 Å². The Morgan fingerprint density at radius 3 is 2.61 bits per heavy atom. The molecular formula is C12H15NO5. The summed E-state index contributed by atoms with van der Waals surface area (Å²) >= 11 is 0. The monoisotopic (exact) mass is 253 g/mol. The molecule has 0 bridgehead atoms. The molecule has 6 nitrogen and oxygen atoms in total. The molecule has 1 aromatic carbocycles. The molecule has 1 unspecified atom stereocenters. The summed E-state index contributed by atoms with van der Waals surface area (Å²) in [6, 6.07) is 3.28. The van der Waals surface area contributed by atoms with Gasteiger partial charge in [0.25, 0.3) is 5.91 Å². The van der Waals surface area contributed by atoms with E-state index in [0.717, 1.165) is 0 Å². The molecule has 0 spiro atoms. The molecule has 4 N–H and O–H groups in total. The summed E-state index contributed by atoms with van der Waals surface area (Å²) in [5, 5.41) is 29.3. The highest BCUT2D eigenvalue weighted by Crippen LogP contribution is 2.19. The first kappa shape index (κ1) is 14.0. The van der Waals surface area contributed by atoms with E-state index in [0.29, 0.717) is 5.56 Å². The molecule has 0 aromatic heterocycles. The molecule has 0 radical (unpaired) electrons. The molecule has 0 aliphatic rings. The van der Waals surface area contributed by atoms with E-state index < -0.39 is 17.9 Å². The molecule has 0 heterocycles. The van der Waals surface area contributed by atoms with Crippen LogP contribution in [-0.2, 0) is 4.79 Å². The van der Waals surface area contributed by atoms with Crippen LogP contribution in [0.5, 0.6) is 5.75 Å². The van der Waals surface area contributed by atoms with Crippen molar-refractivity contribution in [1.29, 1.82) is 0 Å². The molecule has 1 aromatic rings. The summed E-state index contributed by atoms with van der Waals surface area (Å²) in [5.74, 6) is -1.84. The molecule has 0 aliphatic carbocycles. The second-order valence-electron chi connectivity index (χ2n) is 3.83. The second kappa shape index (κ2) is 6.02. The number of benzene rings is 1. The van der Waals surface area contributed by atoms with Crippen LogP contribution < -0.4 is 5.32 Å². The van der Waals surface area contributed by atoms with Crippen LogP contribution in [0.25, 0.3) is 0 Å². The van der Waals surface area contributed by atoms with E-state index in [-0.39, 0.29) is 24.3 Å². The number of aliphatic hydroxyl groups is 1. The second-order valence-corrected chi connectivity index (χ2v) is 3.83. The summed E-state index contributed by atoms with van der Waals surface area (Å²) in [7, 11) is 0. The lowest BCUT2D eigenvalue weighted by Crippen LogP contribution is -2.41. The SMILES string of the molecule is Cc1c(O)cccc1C(=O)NC(CCO)C(=O)O. The number of aromatic hydroxyl groups is 1. The number of rotatable bonds is 5. The average molecular weight is 253 g/mol. The third kappa shape index (κ3) is 3.21. The van der Waals surface area contributed by atoms with Crippen molar-refractivity contribution in [2.45, 2.75) is 19.4 Å². The molecule has 18 heavy (non-hydrogen) atoms. The van der Waals surface area contributed by atoms with Gasteiger partial charge in [-0.3, -0.25) is 4.79 Å². The number of aliphatic carboxylic acids is 1. The number of carbonyl (C=O) groups is 2. The fraction of sp³-hybridized carbons (Fsp3) is 0.333. The minimum Gasteiger partial charge on any atom is -0.508 e. The van der Waals surface area contributed by atoms with Gasteiger partial charge >= 0.3 is 5.97 Å². The molecule has 1 amide bonds. The zero-order valence-corrected chi connectivity index (χ0v) is 9.88. The number of hydrogen-bond donors (Lipinski definition) is 4. The van der Waals surface area contributed by atoms with Crippen LogP contribution in [0.15, 0.2) is 18.2 Å². The fourth-order valence-electron chi connectivity index (χ4n) is 1.49. The lowest BCUT2D eigenvalue weighted by atomic mass is 10.1. The summed E-state index contributed by atoms with van der Waals surface area (Å²) < 4.78 is 0. The molecule has 98 valence electrons. The Labute approximate surface area is 104 Å². The molecule has 0 saturated heterocycles. The minimum absolute atomic E-state index is 0.0308. The third-order valence-electron chi connectivity index (χ3n) is 2.57. The van der Waals surface area contributed by atoms with Gasteiger partial charge in [-0.05, 0) is 19.1 Å². The Morgan fingerprint density at radius 1 is 1.39 bits per heavy atom. The summed E-state index contributed by atoms with van der Waals surface area (Å²) in [4.78, 5) is 22.7. The molecule has 0 aliphatic heterocycles. The Hall–Kier alpha value is -2.08. The van der Waals surface area contributed by atoms with Crippen LogP contribution in [-0.4, -0.2) is 39.8 Å². The number of nitrogens with one attached hydrogen (secondary N) is 1. The Balaban J connectivity index is 2.87. The van der Waals surface area contributed by atoms with Gasteiger partial charge in [0.15, 0.2) is 0 Å². The number of carbonyl (C=O) groups excluding carboxylic acids is 1. The van der Waals surface area contributed by atoms with Crippen molar-refractivity contribution in [1.82, 2.24) is 5.32 Å². The van der Waals surface area contributed by atoms with Gasteiger partial charge in [0.1, 0.15) is 11.8 Å². The minimum atomic E-state index is -1.21. The lowest BCUT2D eigenvalue weighted by molar-refractivity contribution is -0.139. The van der Waals surface area contributed by atoms with Crippen molar-refractivity contribution in [2.75, 3.05) is 6.61 Å². The first-order chi connectivity index (χ1) is 8.47. The smallest absolute Gasteiger partial charge is 0.326 e. The number of hydrogen-bond acceptors (Lipinski definition) is 4. The zero-order chi connectivity index (χ0) is 13.7. The van der Waals surface area contributed by atoms with Gasteiger partial charge in [-0.1, -0.05) is 6.07 Å². The Kier molecular flexibility index (Phi) is 4.67. The molecule has 6 heteroatoms. The molecule has 1 atom stereocenters. The lowest BCUT2D eigenvalue weighted by Gasteiger charge is -2.14. The van der Waals surface area contributed by atoms with E-state index in [1.165, 1.54) is 18.2 Å². The largest absolute Gasteiger partial charge is 0.508 e. The Bertz CT molecular complexity index is 458. The zero-order valence-electron chi connectivity index (χ0n) is 9.88. The van der Waals surface area contributed by atoms with Crippen molar-refractivity contribution in [2.24, 2.45) is 0 Å². The number of phenolic OH excluding ortho intramolecular Hbond substituents is 1. The standard InChI is InChI=1S/C12H15NO5/c1-7-8(3-2-4-10(7)15)11(16)13-9(5-6-14)12(17)18/h2-4,9,14-15H,5-6H2,1H3,(H,13,16)(H,17,18). The van der Waals surface area contributed by atoms with Gasteiger partial charge in [-0.25, -0.2) is 4.79 Å². The maximum Gasteiger partial charge on any atom is 0.326 e. The van der Waals surface area contributed by atoms with E-state index in [1.54, 1.807) is 6.92 Å². The van der Waals surface area contributed by atoms with Crippen molar-refractivity contribution >= 4 is 11.9 Å². The van der Waals surface area contributed by atoms with Crippen molar-refractivity contribution in [3.8, 4) is 5.75 Å². The van der Waals surface area contributed by atoms with E-state index in [4.69, 9.17) is 10.2 Å². The first-order valence-electron chi connectivity index (χ1n) is 5.40. The number of amides is 1. The summed E-state index contributed by atoms with van der Waals surface area (Å²) in [6.07, 6.45) is -0.0705. The van der Waals surface area contributed by atoms with Crippen LogP contribution in [0.3, 0.4) is 0 Å². The van der Waals surface area contributed by atoms with Gasteiger partial charge in [-0.2, -0.15) is 0 Å². The number of aliphatic hydroxyl groups excluding tert-OH is 1. The van der Waals surface area contributed by atoms with Crippen LogP contribution in [0, 0.1) is 6.92 Å². The number of carboxylic acids is 1. The highest BCUT2D eigenvalue weighted by Gasteiger charge is 2.21. The molecule has 0 saturated carbocycles. The number of carboxylic acid groups (broad SMARTS) is 1. The highest BCUT2D eigenvalue weighted by atomic mass is 16.4. The van der Waals surface area contributed by atoms with Gasteiger partial charge in [-0.15, -0.1) is 0 Å². The number of phenols is 1. The van der Waals surface area contributed by atoms with Gasteiger partial charge in [0.05, 0.1) is 0 Å². The predicted octanol–water partition coefficient (Wildman–Crippen LogP) is 0.266. The summed E-state index contributed by atoms with van der Waals surface area (Å²) in [6.45, 7) is 1.22. The fourth-order valence-corrected chi connectivity index (χ4v) is 1.49. The normalized spacial score (nSPS) is 11.9. The van der Waals surface area contributed by atoms with Crippen LogP contribution in [0.2, 0.25) is 0 Å². The maximum absolute atomic E-state index is 11.8. The predicted molar refractivity (Wildman–Crippen MR) is 63.4 cm³/mol. The van der Waals surface area contributed by atoms with E-state index in [9.17, 15) is 14.7 Å². The first-order valence-corrected chi connectivity index (χ1v) is 5.40. The summed E-state index contributed by atoms with van der Waals surface area (Å²) in [5.41, 5.74) is 0.585. The molecule has 0 fully saturated rings. The van der Waals surface area contributed by atoms with Gasteiger partial charge < -0.3 is 20.6 Å². The maximum atomic E-state index is 11.8. The Morgan fingerprint density at radius 2 is 2.06 bits per heavy atom. The van der Waals surface area contributed by atoms with Crippen molar-refractivity contribution in [3.05, 3.63) is 29.3 Å². The molecule has 1 rings (SSSR count). The van der Waals surface area contributed by atoms with E-state index in [2.05, 4.69) is 5.32 Å². The van der Waals surface area contributed by atoms with Gasteiger partial charge in [0, 0.05) is 24.2 Å².